The van der Waals surface area contributed by atoms with Crippen LogP contribution in [-0.4, -0.2) is 36.4 Å². The Morgan fingerprint density at radius 2 is 1.90 bits per heavy atom. The molecule has 1 aromatic heterocycles. The molecule has 2 aromatic carbocycles. The minimum Gasteiger partial charge on any atom is -0.383 e. The van der Waals surface area contributed by atoms with E-state index in [9.17, 15) is 9.18 Å². The Balaban J connectivity index is 1.77. The lowest BCUT2D eigenvalue weighted by molar-refractivity contribution is 0.0946. The monoisotopic (exact) mass is 390 g/mol. The number of hydrogen-bond donors (Lipinski definition) is 2. The predicted octanol–water partition coefficient (Wildman–Crippen LogP) is 3.48. The van der Waals surface area contributed by atoms with Crippen LogP contribution in [0.4, 0.5) is 10.2 Å². The highest BCUT2D eigenvalue weighted by molar-refractivity contribution is 5.97. The number of halogens is 1. The zero-order valence-electron chi connectivity index (χ0n) is 16.5. The van der Waals surface area contributed by atoms with Crippen LogP contribution in [0.25, 0.3) is 22.3 Å². The molecule has 0 spiro atoms. The summed E-state index contributed by atoms with van der Waals surface area (Å²) >= 11 is 0. The third-order valence-corrected chi connectivity index (χ3v) is 5.10. The molecule has 0 bridgehead atoms. The fraction of sp³-hybridized carbons (Fsp3) is 0.217. The normalized spacial score (nSPS) is 13.3. The number of nitrogen functional groups attached to an aromatic ring is 1. The minimum atomic E-state index is -0.299. The van der Waals surface area contributed by atoms with Gasteiger partial charge in [0.05, 0.1) is 0 Å². The second-order valence-electron chi connectivity index (χ2n) is 7.59. The highest BCUT2D eigenvalue weighted by Gasteiger charge is 2.18. The Morgan fingerprint density at radius 3 is 2.69 bits per heavy atom. The summed E-state index contributed by atoms with van der Waals surface area (Å²) in [6.07, 6.45) is 2.37. The van der Waals surface area contributed by atoms with Gasteiger partial charge in [0, 0.05) is 41.5 Å². The molecule has 0 radical (unpaired) electrons. The van der Waals surface area contributed by atoms with E-state index in [0.29, 0.717) is 29.1 Å². The van der Waals surface area contributed by atoms with Crippen molar-refractivity contribution >= 4 is 11.7 Å². The van der Waals surface area contributed by atoms with E-state index >= 15 is 0 Å². The lowest BCUT2D eigenvalue weighted by atomic mass is 9.94. The van der Waals surface area contributed by atoms with E-state index in [4.69, 9.17) is 5.73 Å². The molecule has 1 amide bonds. The van der Waals surface area contributed by atoms with Gasteiger partial charge in [-0.1, -0.05) is 18.2 Å². The first-order valence-corrected chi connectivity index (χ1v) is 9.53. The van der Waals surface area contributed by atoms with Crippen LogP contribution < -0.4 is 11.1 Å². The molecule has 2 heterocycles. The minimum absolute atomic E-state index is 0.0579. The van der Waals surface area contributed by atoms with Crippen LogP contribution >= 0.6 is 0 Å². The van der Waals surface area contributed by atoms with Gasteiger partial charge in [-0.2, -0.15) is 0 Å². The SMILES string of the molecule is CN(C)Cc1ccc(F)c(-c2cnc(N)c(-c3ccc4c(c3)CCNC4=O)c2)c1. The maximum atomic E-state index is 14.6. The Labute approximate surface area is 169 Å². The summed E-state index contributed by atoms with van der Waals surface area (Å²) in [5, 5.41) is 2.84. The van der Waals surface area contributed by atoms with Gasteiger partial charge in [0.2, 0.25) is 0 Å². The zero-order chi connectivity index (χ0) is 20.5. The number of amides is 1. The van der Waals surface area contributed by atoms with Gasteiger partial charge in [-0.15, -0.1) is 0 Å². The van der Waals surface area contributed by atoms with Crippen LogP contribution in [0.5, 0.6) is 0 Å². The largest absolute Gasteiger partial charge is 0.383 e. The maximum Gasteiger partial charge on any atom is 0.251 e. The molecule has 148 valence electrons. The Hall–Kier alpha value is -3.25. The molecule has 0 atom stereocenters. The molecule has 1 aliphatic rings. The zero-order valence-corrected chi connectivity index (χ0v) is 16.5. The average molecular weight is 390 g/mol. The highest BCUT2D eigenvalue weighted by atomic mass is 19.1. The molecule has 4 rings (SSSR count). The first-order valence-electron chi connectivity index (χ1n) is 9.53. The molecule has 29 heavy (non-hydrogen) atoms. The summed E-state index contributed by atoms with van der Waals surface area (Å²) in [4.78, 5) is 18.3. The van der Waals surface area contributed by atoms with E-state index in [2.05, 4.69) is 10.3 Å². The molecule has 0 fully saturated rings. The van der Waals surface area contributed by atoms with Crippen molar-refractivity contribution in [2.45, 2.75) is 13.0 Å². The number of rotatable bonds is 4. The molecule has 1 aliphatic heterocycles. The van der Waals surface area contributed by atoms with Crippen LogP contribution in [0.3, 0.4) is 0 Å². The number of nitrogens with zero attached hydrogens (tertiary/aromatic N) is 2. The maximum absolute atomic E-state index is 14.6. The van der Waals surface area contributed by atoms with E-state index < -0.39 is 0 Å². The lowest BCUT2D eigenvalue weighted by Gasteiger charge is -2.18. The van der Waals surface area contributed by atoms with Crippen LogP contribution in [0, 0.1) is 5.82 Å². The summed E-state index contributed by atoms with van der Waals surface area (Å²) in [6, 6.07) is 12.6. The summed E-state index contributed by atoms with van der Waals surface area (Å²) in [6.45, 7) is 1.34. The number of carbonyl (C=O) groups excluding carboxylic acids is 1. The average Bonchev–Trinajstić information content (AvgIpc) is 2.69. The fourth-order valence-electron chi connectivity index (χ4n) is 3.71. The Morgan fingerprint density at radius 1 is 1.07 bits per heavy atom. The van der Waals surface area contributed by atoms with Crippen molar-refractivity contribution in [3.05, 3.63) is 71.2 Å². The molecule has 0 aliphatic carbocycles. The smallest absolute Gasteiger partial charge is 0.251 e. The third kappa shape index (κ3) is 3.84. The predicted molar refractivity (Wildman–Crippen MR) is 113 cm³/mol. The second-order valence-corrected chi connectivity index (χ2v) is 7.59. The molecule has 0 unspecified atom stereocenters. The van der Waals surface area contributed by atoms with E-state index in [-0.39, 0.29) is 11.7 Å². The topological polar surface area (TPSA) is 71.2 Å². The number of pyridine rings is 1. The molecule has 5 nitrogen and oxygen atoms in total. The number of aromatic nitrogens is 1. The number of carbonyl (C=O) groups is 1. The van der Waals surface area contributed by atoms with Crippen molar-refractivity contribution < 1.29 is 9.18 Å². The first-order chi connectivity index (χ1) is 13.9. The van der Waals surface area contributed by atoms with Gasteiger partial charge >= 0.3 is 0 Å². The van der Waals surface area contributed by atoms with Crippen LogP contribution in [-0.2, 0) is 13.0 Å². The molecule has 3 N–H and O–H groups in total. The summed E-state index contributed by atoms with van der Waals surface area (Å²) in [5.74, 6) is 0.0170. The Bertz CT molecular complexity index is 1090. The van der Waals surface area contributed by atoms with E-state index in [1.54, 1.807) is 12.3 Å². The molecule has 0 saturated heterocycles. The summed E-state index contributed by atoms with van der Waals surface area (Å²) in [5.41, 5.74) is 11.6. The Kier molecular flexibility index (Phi) is 5.03. The number of anilines is 1. The van der Waals surface area contributed by atoms with Gasteiger partial charge < -0.3 is 16.0 Å². The fourth-order valence-corrected chi connectivity index (χ4v) is 3.71. The standard InChI is InChI=1S/C23H23FN4O/c1-28(2)13-14-3-6-21(24)19(9-14)17-11-20(22(25)27-12-17)15-4-5-18-16(10-15)7-8-26-23(18)29/h3-6,9-12H,7-8,13H2,1-2H3,(H2,25,27)(H,26,29). The van der Waals surface area contributed by atoms with Crippen molar-refractivity contribution in [2.24, 2.45) is 0 Å². The number of nitrogens with one attached hydrogen (secondary N) is 1. The number of benzene rings is 2. The van der Waals surface area contributed by atoms with Crippen molar-refractivity contribution in [2.75, 3.05) is 26.4 Å². The summed E-state index contributed by atoms with van der Waals surface area (Å²) in [7, 11) is 3.95. The van der Waals surface area contributed by atoms with E-state index in [1.165, 1.54) is 6.07 Å². The van der Waals surface area contributed by atoms with Crippen molar-refractivity contribution in [1.82, 2.24) is 15.2 Å². The third-order valence-electron chi connectivity index (χ3n) is 5.10. The second kappa shape index (κ2) is 7.64. The van der Waals surface area contributed by atoms with E-state index in [0.717, 1.165) is 35.2 Å². The molecular weight excluding hydrogens is 367 g/mol. The molecule has 3 aromatic rings. The van der Waals surface area contributed by atoms with Gasteiger partial charge in [0.15, 0.2) is 0 Å². The molecule has 0 saturated carbocycles. The van der Waals surface area contributed by atoms with Crippen molar-refractivity contribution in [3.63, 3.8) is 0 Å². The van der Waals surface area contributed by atoms with Gasteiger partial charge in [0.25, 0.3) is 5.91 Å². The first kappa shape index (κ1) is 19.1. The highest BCUT2D eigenvalue weighted by Crippen LogP contribution is 2.33. The lowest BCUT2D eigenvalue weighted by Crippen LogP contribution is -2.31. The van der Waals surface area contributed by atoms with Gasteiger partial charge in [-0.3, -0.25) is 4.79 Å². The van der Waals surface area contributed by atoms with Crippen molar-refractivity contribution in [3.8, 4) is 22.3 Å². The quantitative estimate of drug-likeness (QED) is 0.715. The van der Waals surface area contributed by atoms with Crippen molar-refractivity contribution in [1.29, 1.82) is 0 Å². The van der Waals surface area contributed by atoms with Gasteiger partial charge in [0.1, 0.15) is 11.6 Å². The van der Waals surface area contributed by atoms with Crippen LogP contribution in [0.1, 0.15) is 21.5 Å². The molecular formula is C23H23FN4O. The van der Waals surface area contributed by atoms with Gasteiger partial charge in [-0.25, -0.2) is 9.37 Å². The number of hydrogen-bond acceptors (Lipinski definition) is 4. The van der Waals surface area contributed by atoms with Gasteiger partial charge in [-0.05, 0) is 61.5 Å². The molecule has 6 heteroatoms. The van der Waals surface area contributed by atoms with Crippen LogP contribution in [0.2, 0.25) is 0 Å². The van der Waals surface area contributed by atoms with Crippen LogP contribution in [0.15, 0.2) is 48.7 Å². The number of fused-ring (bicyclic) bond motifs is 1. The number of nitrogens with two attached hydrogens (primary N) is 1. The summed E-state index contributed by atoms with van der Waals surface area (Å²) < 4.78 is 14.6. The van der Waals surface area contributed by atoms with E-state index in [1.807, 2.05) is 49.3 Å².